The summed E-state index contributed by atoms with van der Waals surface area (Å²) >= 11 is 5.81. The Hall–Kier alpha value is -0.770. The molecule has 1 N–H and O–H groups in total. The van der Waals surface area contributed by atoms with Gasteiger partial charge in [-0.3, -0.25) is 0 Å². The number of halogens is 1. The Labute approximate surface area is 88.5 Å². The largest absolute Gasteiger partial charge is 0.369 e. The minimum atomic E-state index is 0.697. The van der Waals surface area contributed by atoms with E-state index in [1.165, 1.54) is 10.8 Å². The van der Waals surface area contributed by atoms with Crippen molar-refractivity contribution in [1.82, 2.24) is 5.06 Å². The van der Waals surface area contributed by atoms with E-state index in [1.54, 1.807) is 0 Å². The number of rotatable bonds is 1. The molecule has 1 aliphatic rings. The van der Waals surface area contributed by atoms with E-state index in [4.69, 9.17) is 11.6 Å². The zero-order valence-electron chi connectivity index (χ0n) is 7.86. The summed E-state index contributed by atoms with van der Waals surface area (Å²) in [6.07, 6.45) is 0. The second kappa shape index (κ2) is 4.17. The molecule has 0 saturated carbocycles. The van der Waals surface area contributed by atoms with Crippen molar-refractivity contribution in [3.63, 3.8) is 0 Å². The zero-order chi connectivity index (χ0) is 9.97. The molecule has 14 heavy (non-hydrogen) atoms. The highest BCUT2D eigenvalue weighted by Gasteiger charge is 2.14. The molecule has 76 valence electrons. The smallest absolute Gasteiger partial charge is 0.0414 e. The first kappa shape index (κ1) is 9.77. The van der Waals surface area contributed by atoms with Crippen molar-refractivity contribution >= 4 is 17.3 Å². The molecule has 1 saturated heterocycles. The Balaban J connectivity index is 2.05. The predicted octanol–water partition coefficient (Wildman–Crippen LogP) is 1.85. The normalized spacial score (nSPS) is 18.6. The lowest BCUT2D eigenvalue weighted by atomic mass is 10.2. The van der Waals surface area contributed by atoms with E-state index >= 15 is 0 Å². The number of benzene rings is 1. The maximum absolute atomic E-state index is 9.20. The van der Waals surface area contributed by atoms with Gasteiger partial charge >= 0.3 is 0 Å². The molecule has 0 bridgehead atoms. The highest BCUT2D eigenvalue weighted by Crippen LogP contribution is 2.18. The summed E-state index contributed by atoms with van der Waals surface area (Å²) in [5.41, 5.74) is 1.17. The maximum Gasteiger partial charge on any atom is 0.0414 e. The summed E-state index contributed by atoms with van der Waals surface area (Å²) < 4.78 is 0. The van der Waals surface area contributed by atoms with Crippen molar-refractivity contribution in [2.75, 3.05) is 31.1 Å². The van der Waals surface area contributed by atoms with Crippen LogP contribution < -0.4 is 4.90 Å². The lowest BCUT2D eigenvalue weighted by Crippen LogP contribution is -2.44. The van der Waals surface area contributed by atoms with Gasteiger partial charge in [-0.1, -0.05) is 11.6 Å². The van der Waals surface area contributed by atoms with Gasteiger partial charge in [0, 0.05) is 36.9 Å². The summed E-state index contributed by atoms with van der Waals surface area (Å²) in [7, 11) is 0. The summed E-state index contributed by atoms with van der Waals surface area (Å²) in [4.78, 5) is 2.24. The van der Waals surface area contributed by atoms with Gasteiger partial charge in [0.15, 0.2) is 0 Å². The van der Waals surface area contributed by atoms with Crippen molar-refractivity contribution in [3.05, 3.63) is 29.3 Å². The molecular formula is C10H13ClN2O. The molecule has 0 radical (unpaired) electrons. The summed E-state index contributed by atoms with van der Waals surface area (Å²) in [6, 6.07) is 7.80. The average molecular weight is 213 g/mol. The average Bonchev–Trinajstić information content (AvgIpc) is 2.21. The van der Waals surface area contributed by atoms with Crippen LogP contribution >= 0.6 is 11.6 Å². The van der Waals surface area contributed by atoms with Gasteiger partial charge in [-0.05, 0) is 24.3 Å². The van der Waals surface area contributed by atoms with E-state index in [9.17, 15) is 5.21 Å². The number of hydrogen-bond acceptors (Lipinski definition) is 3. The molecule has 1 aliphatic heterocycles. The van der Waals surface area contributed by atoms with E-state index in [1.807, 2.05) is 24.3 Å². The molecule has 0 atom stereocenters. The van der Waals surface area contributed by atoms with Crippen LogP contribution in [0, 0.1) is 0 Å². The number of piperazine rings is 1. The number of anilines is 1. The van der Waals surface area contributed by atoms with Crippen LogP contribution in [-0.4, -0.2) is 36.4 Å². The maximum atomic E-state index is 9.20. The van der Waals surface area contributed by atoms with E-state index < -0.39 is 0 Å². The predicted molar refractivity (Wildman–Crippen MR) is 57.0 cm³/mol. The second-order valence-corrected chi connectivity index (χ2v) is 3.85. The van der Waals surface area contributed by atoms with Gasteiger partial charge in [0.05, 0.1) is 0 Å². The topological polar surface area (TPSA) is 26.7 Å². The summed E-state index contributed by atoms with van der Waals surface area (Å²) in [5, 5.41) is 11.3. The van der Waals surface area contributed by atoms with Gasteiger partial charge < -0.3 is 10.1 Å². The molecular weight excluding hydrogens is 200 g/mol. The summed E-state index contributed by atoms with van der Waals surface area (Å²) in [6.45, 7) is 3.11. The minimum Gasteiger partial charge on any atom is -0.369 e. The van der Waals surface area contributed by atoms with Gasteiger partial charge in [-0.2, -0.15) is 5.06 Å². The second-order valence-electron chi connectivity index (χ2n) is 3.42. The third kappa shape index (κ3) is 2.18. The van der Waals surface area contributed by atoms with Crippen molar-refractivity contribution < 1.29 is 5.21 Å². The van der Waals surface area contributed by atoms with Crippen molar-refractivity contribution in [2.45, 2.75) is 0 Å². The monoisotopic (exact) mass is 212 g/mol. The Kier molecular flexibility index (Phi) is 2.91. The Bertz CT molecular complexity index is 293. The lowest BCUT2D eigenvalue weighted by molar-refractivity contribution is -0.0935. The third-order valence-corrected chi connectivity index (χ3v) is 2.70. The molecule has 1 fully saturated rings. The fourth-order valence-corrected chi connectivity index (χ4v) is 1.73. The van der Waals surface area contributed by atoms with Crippen molar-refractivity contribution in [3.8, 4) is 0 Å². The molecule has 1 aromatic rings. The molecule has 2 rings (SSSR count). The number of hydroxylamine groups is 2. The molecule has 1 aromatic carbocycles. The van der Waals surface area contributed by atoms with E-state index in [2.05, 4.69) is 4.90 Å². The van der Waals surface area contributed by atoms with Crippen LogP contribution in [0.15, 0.2) is 24.3 Å². The highest BCUT2D eigenvalue weighted by molar-refractivity contribution is 6.30. The van der Waals surface area contributed by atoms with Gasteiger partial charge in [0.25, 0.3) is 0 Å². The van der Waals surface area contributed by atoms with Crippen molar-refractivity contribution in [2.24, 2.45) is 0 Å². The third-order valence-electron chi connectivity index (χ3n) is 2.45. The number of nitrogens with zero attached hydrogens (tertiary/aromatic N) is 2. The molecule has 0 unspecified atom stereocenters. The first-order chi connectivity index (χ1) is 6.75. The molecule has 0 spiro atoms. The van der Waals surface area contributed by atoms with Crippen LogP contribution in [0.5, 0.6) is 0 Å². The first-order valence-electron chi connectivity index (χ1n) is 4.70. The standard InChI is InChI=1S/C10H13ClN2O/c11-9-1-3-10(4-2-9)12-5-7-13(14)8-6-12/h1-4,14H,5-8H2. The highest BCUT2D eigenvalue weighted by atomic mass is 35.5. The molecule has 0 amide bonds. The van der Waals surface area contributed by atoms with E-state index in [0.717, 1.165) is 18.1 Å². The van der Waals surface area contributed by atoms with Gasteiger partial charge in [-0.15, -0.1) is 0 Å². The van der Waals surface area contributed by atoms with Gasteiger partial charge in [0.2, 0.25) is 0 Å². The molecule has 4 heteroatoms. The molecule has 0 aromatic heterocycles. The van der Waals surface area contributed by atoms with Gasteiger partial charge in [0.1, 0.15) is 0 Å². The lowest BCUT2D eigenvalue weighted by Gasteiger charge is -2.32. The Morgan fingerprint density at radius 1 is 1.00 bits per heavy atom. The Morgan fingerprint density at radius 2 is 1.57 bits per heavy atom. The van der Waals surface area contributed by atoms with Crippen molar-refractivity contribution in [1.29, 1.82) is 0 Å². The van der Waals surface area contributed by atoms with Crippen LogP contribution in [0.3, 0.4) is 0 Å². The van der Waals surface area contributed by atoms with Crippen LogP contribution in [0.1, 0.15) is 0 Å². The molecule has 0 aliphatic carbocycles. The van der Waals surface area contributed by atoms with E-state index in [-0.39, 0.29) is 0 Å². The fraction of sp³-hybridized carbons (Fsp3) is 0.400. The van der Waals surface area contributed by atoms with E-state index in [0.29, 0.717) is 13.1 Å². The first-order valence-corrected chi connectivity index (χ1v) is 5.08. The zero-order valence-corrected chi connectivity index (χ0v) is 8.61. The summed E-state index contributed by atoms with van der Waals surface area (Å²) in [5.74, 6) is 0. The quantitative estimate of drug-likeness (QED) is 0.770. The van der Waals surface area contributed by atoms with Crippen LogP contribution in [0.25, 0.3) is 0 Å². The molecule has 3 nitrogen and oxygen atoms in total. The number of hydrogen-bond donors (Lipinski definition) is 1. The van der Waals surface area contributed by atoms with Crippen LogP contribution in [0.4, 0.5) is 5.69 Å². The Morgan fingerprint density at radius 3 is 2.14 bits per heavy atom. The minimum absolute atomic E-state index is 0.697. The fourth-order valence-electron chi connectivity index (χ4n) is 1.61. The molecule has 1 heterocycles. The SMILES string of the molecule is ON1CCN(c2ccc(Cl)cc2)CC1. The van der Waals surface area contributed by atoms with Crippen LogP contribution in [-0.2, 0) is 0 Å². The van der Waals surface area contributed by atoms with Crippen LogP contribution in [0.2, 0.25) is 5.02 Å². The van der Waals surface area contributed by atoms with Gasteiger partial charge in [-0.25, -0.2) is 0 Å².